The predicted octanol–water partition coefficient (Wildman–Crippen LogP) is 3.63. The third-order valence-electron chi connectivity index (χ3n) is 3.95. The van der Waals surface area contributed by atoms with E-state index < -0.39 is 11.6 Å². The Morgan fingerprint density at radius 1 is 1.29 bits per heavy atom. The summed E-state index contributed by atoms with van der Waals surface area (Å²) in [6.45, 7) is 1.85. The molecule has 5 nitrogen and oxygen atoms in total. The first-order valence-corrected chi connectivity index (χ1v) is 8.34. The van der Waals surface area contributed by atoms with Crippen LogP contribution in [0.4, 0.5) is 10.5 Å². The third kappa shape index (κ3) is 3.59. The largest absolute Gasteiger partial charge is 0.445 e. The molecule has 0 radical (unpaired) electrons. The van der Waals surface area contributed by atoms with Crippen molar-refractivity contribution < 1.29 is 14.3 Å². The van der Waals surface area contributed by atoms with E-state index in [2.05, 4.69) is 26.6 Å². The van der Waals surface area contributed by atoms with Gasteiger partial charge in [-0.25, -0.2) is 4.79 Å². The second kappa shape index (κ2) is 6.65. The van der Waals surface area contributed by atoms with Gasteiger partial charge < -0.3 is 15.4 Å². The van der Waals surface area contributed by atoms with Crippen molar-refractivity contribution in [2.45, 2.75) is 25.5 Å². The fraction of sp³-hybridized carbons (Fsp3) is 0.222. The van der Waals surface area contributed by atoms with E-state index >= 15 is 0 Å². The summed E-state index contributed by atoms with van der Waals surface area (Å²) < 4.78 is 6.14. The number of anilines is 1. The van der Waals surface area contributed by atoms with Crippen LogP contribution in [-0.4, -0.2) is 17.5 Å². The molecule has 1 aliphatic rings. The summed E-state index contributed by atoms with van der Waals surface area (Å²) in [7, 11) is 0. The minimum atomic E-state index is -1.05. The summed E-state index contributed by atoms with van der Waals surface area (Å²) in [5.41, 5.74) is 1.55. The average Bonchev–Trinajstić information content (AvgIpc) is 2.55. The van der Waals surface area contributed by atoms with E-state index in [1.807, 2.05) is 48.5 Å². The molecule has 2 amide bonds. The number of halogens is 1. The van der Waals surface area contributed by atoms with Gasteiger partial charge in [-0.05, 0) is 36.2 Å². The maximum absolute atomic E-state index is 12.4. The Bertz CT molecular complexity index is 779. The zero-order valence-corrected chi connectivity index (χ0v) is 14.7. The van der Waals surface area contributed by atoms with Crippen molar-refractivity contribution in [2.75, 3.05) is 5.32 Å². The molecule has 2 aromatic carbocycles. The maximum atomic E-state index is 12.4. The Balaban J connectivity index is 1.67. The molecule has 124 valence electrons. The minimum absolute atomic E-state index is 0.159. The van der Waals surface area contributed by atoms with Gasteiger partial charge in [-0.2, -0.15) is 0 Å². The number of hydrogen-bond acceptors (Lipinski definition) is 3. The Morgan fingerprint density at radius 3 is 2.79 bits per heavy atom. The highest BCUT2D eigenvalue weighted by Crippen LogP contribution is 2.30. The molecule has 0 fully saturated rings. The molecule has 2 N–H and O–H groups in total. The number of carbonyl (C=O) groups excluding carboxylic acids is 2. The summed E-state index contributed by atoms with van der Waals surface area (Å²) in [5, 5.41) is 5.51. The first-order chi connectivity index (χ1) is 11.5. The zero-order chi connectivity index (χ0) is 17.2. The van der Waals surface area contributed by atoms with E-state index in [9.17, 15) is 9.59 Å². The fourth-order valence-electron chi connectivity index (χ4n) is 2.64. The van der Waals surface area contributed by atoms with Gasteiger partial charge >= 0.3 is 6.09 Å². The van der Waals surface area contributed by atoms with Crippen LogP contribution in [-0.2, 0) is 22.6 Å². The molecule has 0 aromatic heterocycles. The van der Waals surface area contributed by atoms with E-state index in [4.69, 9.17) is 4.74 Å². The molecule has 24 heavy (non-hydrogen) atoms. The Labute approximate surface area is 148 Å². The van der Waals surface area contributed by atoms with E-state index in [1.54, 1.807) is 6.92 Å². The molecule has 3 rings (SSSR count). The summed E-state index contributed by atoms with van der Waals surface area (Å²) in [5.74, 6) is -0.256. The van der Waals surface area contributed by atoms with Crippen LogP contribution in [0.25, 0.3) is 0 Å². The monoisotopic (exact) mass is 388 g/mol. The number of alkyl carbamates (subject to hydrolysis) is 1. The van der Waals surface area contributed by atoms with E-state index in [0.29, 0.717) is 6.42 Å². The van der Waals surface area contributed by atoms with E-state index in [0.717, 1.165) is 21.3 Å². The van der Waals surface area contributed by atoms with Crippen LogP contribution < -0.4 is 10.6 Å². The number of hydrogen-bond donors (Lipinski definition) is 2. The standard InChI is InChI=1S/C18H17BrN2O3/c1-18(21-17(23)24-11-12-5-3-2-4-6-12)10-13-9-14(19)7-8-15(13)20-16(18)22/h2-9H,10-11H2,1H3,(H,20,22)(H,21,23). The zero-order valence-electron chi connectivity index (χ0n) is 13.1. The molecule has 1 heterocycles. The van der Waals surface area contributed by atoms with Crippen molar-refractivity contribution in [2.24, 2.45) is 0 Å². The highest BCUT2D eigenvalue weighted by atomic mass is 79.9. The number of rotatable bonds is 3. The normalized spacial score (nSPS) is 19.2. The van der Waals surface area contributed by atoms with Gasteiger partial charge in [-0.3, -0.25) is 4.79 Å². The minimum Gasteiger partial charge on any atom is -0.445 e. The summed E-state index contributed by atoms with van der Waals surface area (Å²) in [6.07, 6.45) is -0.219. The number of amides is 2. The smallest absolute Gasteiger partial charge is 0.408 e. The predicted molar refractivity (Wildman–Crippen MR) is 94.6 cm³/mol. The number of carbonyl (C=O) groups is 2. The van der Waals surface area contributed by atoms with Crippen molar-refractivity contribution in [3.8, 4) is 0 Å². The third-order valence-corrected chi connectivity index (χ3v) is 4.44. The number of benzene rings is 2. The van der Waals surface area contributed by atoms with Crippen LogP contribution in [0, 0.1) is 0 Å². The number of nitrogens with one attached hydrogen (secondary N) is 2. The van der Waals surface area contributed by atoms with Gasteiger partial charge in [0.25, 0.3) is 0 Å². The van der Waals surface area contributed by atoms with Crippen LogP contribution in [0.1, 0.15) is 18.1 Å². The number of fused-ring (bicyclic) bond motifs is 1. The molecule has 0 saturated carbocycles. The molecule has 1 unspecified atom stereocenters. The molecule has 0 saturated heterocycles. The van der Waals surface area contributed by atoms with Crippen LogP contribution in [0.3, 0.4) is 0 Å². The molecule has 0 bridgehead atoms. The van der Waals surface area contributed by atoms with Gasteiger partial charge in [0.1, 0.15) is 12.1 Å². The molecular formula is C18H17BrN2O3. The average molecular weight is 389 g/mol. The van der Waals surface area contributed by atoms with Gasteiger partial charge in [0.05, 0.1) is 0 Å². The van der Waals surface area contributed by atoms with Crippen molar-refractivity contribution in [1.29, 1.82) is 0 Å². The van der Waals surface area contributed by atoms with Gasteiger partial charge in [0, 0.05) is 16.6 Å². The topological polar surface area (TPSA) is 67.4 Å². The van der Waals surface area contributed by atoms with Gasteiger partial charge in [0.15, 0.2) is 0 Å². The first kappa shape index (κ1) is 16.5. The van der Waals surface area contributed by atoms with Crippen molar-refractivity contribution in [1.82, 2.24) is 5.32 Å². The SMILES string of the molecule is CC1(NC(=O)OCc2ccccc2)Cc2cc(Br)ccc2NC1=O. The highest BCUT2D eigenvalue weighted by Gasteiger charge is 2.39. The molecule has 0 spiro atoms. The fourth-order valence-corrected chi connectivity index (χ4v) is 3.05. The lowest BCUT2D eigenvalue weighted by Crippen LogP contribution is -2.58. The lowest BCUT2D eigenvalue weighted by molar-refractivity contribution is -0.122. The van der Waals surface area contributed by atoms with Gasteiger partial charge in [0.2, 0.25) is 5.91 Å². The summed E-state index contributed by atoms with van der Waals surface area (Å²) >= 11 is 3.42. The van der Waals surface area contributed by atoms with Gasteiger partial charge in [-0.15, -0.1) is 0 Å². The van der Waals surface area contributed by atoms with Crippen LogP contribution in [0.2, 0.25) is 0 Å². The Kier molecular flexibility index (Phi) is 4.57. The Hall–Kier alpha value is -2.34. The molecule has 1 atom stereocenters. The van der Waals surface area contributed by atoms with E-state index in [1.165, 1.54) is 0 Å². The molecule has 1 aliphatic heterocycles. The molecule has 0 aliphatic carbocycles. The van der Waals surface area contributed by atoms with Crippen molar-refractivity contribution in [3.05, 3.63) is 64.1 Å². The number of ether oxygens (including phenoxy) is 1. The lowest BCUT2D eigenvalue weighted by Gasteiger charge is -2.34. The second-order valence-electron chi connectivity index (χ2n) is 5.95. The molecular weight excluding hydrogens is 372 g/mol. The first-order valence-electron chi connectivity index (χ1n) is 7.55. The lowest BCUT2D eigenvalue weighted by atomic mass is 9.87. The second-order valence-corrected chi connectivity index (χ2v) is 6.87. The maximum Gasteiger partial charge on any atom is 0.408 e. The van der Waals surface area contributed by atoms with Crippen molar-refractivity contribution >= 4 is 33.6 Å². The van der Waals surface area contributed by atoms with Crippen LogP contribution in [0.15, 0.2) is 53.0 Å². The summed E-state index contributed by atoms with van der Waals surface area (Å²) in [6, 6.07) is 15.0. The van der Waals surface area contributed by atoms with Gasteiger partial charge in [-0.1, -0.05) is 46.3 Å². The van der Waals surface area contributed by atoms with Crippen LogP contribution in [0.5, 0.6) is 0 Å². The Morgan fingerprint density at radius 2 is 2.04 bits per heavy atom. The molecule has 2 aromatic rings. The highest BCUT2D eigenvalue weighted by molar-refractivity contribution is 9.10. The quantitative estimate of drug-likeness (QED) is 0.843. The van der Waals surface area contributed by atoms with Crippen molar-refractivity contribution in [3.63, 3.8) is 0 Å². The van der Waals surface area contributed by atoms with E-state index in [-0.39, 0.29) is 12.5 Å². The van der Waals surface area contributed by atoms with Crippen LogP contribution >= 0.6 is 15.9 Å². The summed E-state index contributed by atoms with van der Waals surface area (Å²) in [4.78, 5) is 24.5. The molecule has 6 heteroatoms.